The number of anilines is 1. The van der Waals surface area contributed by atoms with Gasteiger partial charge in [0.1, 0.15) is 0 Å². The van der Waals surface area contributed by atoms with Crippen LogP contribution in [0.4, 0.5) is 14.5 Å². The van der Waals surface area contributed by atoms with E-state index in [-0.39, 0.29) is 18.7 Å². The number of hydrogen-bond acceptors (Lipinski definition) is 3. The van der Waals surface area contributed by atoms with E-state index >= 15 is 0 Å². The van der Waals surface area contributed by atoms with Crippen molar-refractivity contribution in [3.05, 3.63) is 29.8 Å². The monoisotopic (exact) mass is 272 g/mol. The van der Waals surface area contributed by atoms with E-state index in [1.54, 1.807) is 0 Å². The number of aliphatic carboxylic acids is 1. The third-order valence-electron chi connectivity index (χ3n) is 2.23. The smallest absolute Gasteiger partial charge is 0.303 e. The van der Waals surface area contributed by atoms with Gasteiger partial charge in [0, 0.05) is 18.2 Å². The standard InChI is InChI=1S/C12H14F2N2O3/c13-9-4-3-8(6-10(9)14)16-11(17)7-15-5-1-2-12(18)19/h3-4,6,15H,1-2,5,7H2,(H,16,17)(H,18,19). The second-order valence-electron chi connectivity index (χ2n) is 3.85. The highest BCUT2D eigenvalue weighted by Crippen LogP contribution is 2.12. The molecule has 0 bridgehead atoms. The van der Waals surface area contributed by atoms with Crippen LogP contribution in [0.5, 0.6) is 0 Å². The van der Waals surface area contributed by atoms with Crippen LogP contribution in [0.1, 0.15) is 12.8 Å². The molecule has 0 heterocycles. The molecule has 3 N–H and O–H groups in total. The first kappa shape index (κ1) is 15.0. The maximum Gasteiger partial charge on any atom is 0.303 e. The average Bonchev–Trinajstić information content (AvgIpc) is 2.33. The highest BCUT2D eigenvalue weighted by Gasteiger charge is 2.06. The zero-order chi connectivity index (χ0) is 14.3. The van der Waals surface area contributed by atoms with Crippen LogP contribution in [-0.2, 0) is 9.59 Å². The number of rotatable bonds is 7. The van der Waals surface area contributed by atoms with Gasteiger partial charge in [-0.3, -0.25) is 9.59 Å². The quantitative estimate of drug-likeness (QED) is 0.655. The summed E-state index contributed by atoms with van der Waals surface area (Å²) in [5.74, 6) is -3.33. The zero-order valence-corrected chi connectivity index (χ0v) is 10.1. The van der Waals surface area contributed by atoms with Gasteiger partial charge in [-0.2, -0.15) is 0 Å². The Hall–Kier alpha value is -2.02. The Morgan fingerprint density at radius 3 is 2.58 bits per heavy atom. The van der Waals surface area contributed by atoms with Crippen LogP contribution in [0.15, 0.2) is 18.2 Å². The van der Waals surface area contributed by atoms with Gasteiger partial charge in [-0.25, -0.2) is 8.78 Å². The van der Waals surface area contributed by atoms with Crippen LogP contribution in [0.3, 0.4) is 0 Å². The van der Waals surface area contributed by atoms with Gasteiger partial charge in [-0.05, 0) is 25.1 Å². The van der Waals surface area contributed by atoms with Crippen molar-refractivity contribution in [2.45, 2.75) is 12.8 Å². The Morgan fingerprint density at radius 2 is 1.95 bits per heavy atom. The predicted octanol–water partition coefficient (Wildman–Crippen LogP) is 1.36. The molecule has 1 amide bonds. The summed E-state index contributed by atoms with van der Waals surface area (Å²) in [6, 6.07) is 3.06. The molecule has 1 aromatic carbocycles. The molecule has 0 aliphatic heterocycles. The van der Waals surface area contributed by atoms with Crippen molar-refractivity contribution >= 4 is 17.6 Å². The summed E-state index contributed by atoms with van der Waals surface area (Å²) in [5, 5.41) is 13.5. The zero-order valence-electron chi connectivity index (χ0n) is 10.1. The Labute approximate surface area is 108 Å². The lowest BCUT2D eigenvalue weighted by molar-refractivity contribution is -0.137. The van der Waals surface area contributed by atoms with E-state index in [0.717, 1.165) is 12.1 Å². The van der Waals surface area contributed by atoms with Gasteiger partial charge in [0.25, 0.3) is 0 Å². The first-order chi connectivity index (χ1) is 8.99. The van der Waals surface area contributed by atoms with Crippen molar-refractivity contribution < 1.29 is 23.5 Å². The SMILES string of the molecule is O=C(O)CCCNCC(=O)Nc1ccc(F)c(F)c1. The van der Waals surface area contributed by atoms with Crippen LogP contribution in [0.25, 0.3) is 0 Å². The summed E-state index contributed by atoms with van der Waals surface area (Å²) in [4.78, 5) is 21.6. The second kappa shape index (κ2) is 7.42. The number of carboxylic acids is 1. The first-order valence-corrected chi connectivity index (χ1v) is 5.66. The molecule has 0 atom stereocenters. The lowest BCUT2D eigenvalue weighted by atomic mass is 10.3. The molecule has 1 rings (SSSR count). The summed E-state index contributed by atoms with van der Waals surface area (Å²) in [5.41, 5.74) is 0.163. The predicted molar refractivity (Wildman–Crippen MR) is 64.7 cm³/mol. The summed E-state index contributed by atoms with van der Waals surface area (Å²) >= 11 is 0. The molecular formula is C12H14F2N2O3. The van der Waals surface area contributed by atoms with Crippen molar-refractivity contribution in [1.82, 2.24) is 5.32 Å². The number of amides is 1. The molecule has 0 aliphatic rings. The van der Waals surface area contributed by atoms with Gasteiger partial charge in [-0.15, -0.1) is 0 Å². The number of halogens is 2. The third-order valence-corrected chi connectivity index (χ3v) is 2.23. The molecule has 0 aliphatic carbocycles. The fraction of sp³-hybridized carbons (Fsp3) is 0.333. The van der Waals surface area contributed by atoms with E-state index in [1.807, 2.05) is 0 Å². The summed E-state index contributed by atoms with van der Waals surface area (Å²) < 4.78 is 25.5. The molecule has 0 unspecified atom stereocenters. The molecular weight excluding hydrogens is 258 g/mol. The van der Waals surface area contributed by atoms with Crippen molar-refractivity contribution in [3.8, 4) is 0 Å². The maximum absolute atomic E-state index is 12.9. The van der Waals surface area contributed by atoms with Gasteiger partial charge >= 0.3 is 5.97 Å². The number of benzene rings is 1. The largest absolute Gasteiger partial charge is 0.481 e. The van der Waals surface area contributed by atoms with Gasteiger partial charge in [0.2, 0.25) is 5.91 Å². The van der Waals surface area contributed by atoms with Crippen molar-refractivity contribution in [2.75, 3.05) is 18.4 Å². The van der Waals surface area contributed by atoms with Crippen LogP contribution in [0.2, 0.25) is 0 Å². The Bertz CT molecular complexity index is 466. The number of nitrogens with one attached hydrogen (secondary N) is 2. The maximum atomic E-state index is 12.9. The number of carbonyl (C=O) groups is 2. The summed E-state index contributed by atoms with van der Waals surface area (Å²) in [6.45, 7) is 0.357. The average molecular weight is 272 g/mol. The van der Waals surface area contributed by atoms with Crippen LogP contribution >= 0.6 is 0 Å². The van der Waals surface area contributed by atoms with Crippen LogP contribution in [-0.4, -0.2) is 30.1 Å². The molecule has 1 aromatic rings. The minimum Gasteiger partial charge on any atom is -0.481 e. The normalized spacial score (nSPS) is 10.2. The van der Waals surface area contributed by atoms with Crippen molar-refractivity contribution in [3.63, 3.8) is 0 Å². The van der Waals surface area contributed by atoms with Gasteiger partial charge in [0.05, 0.1) is 6.54 Å². The minimum absolute atomic E-state index is 0.0256. The molecule has 0 radical (unpaired) electrons. The van der Waals surface area contributed by atoms with E-state index in [2.05, 4.69) is 10.6 Å². The molecule has 5 nitrogen and oxygen atoms in total. The van der Waals surface area contributed by atoms with Crippen molar-refractivity contribution in [1.29, 1.82) is 0 Å². The Kier molecular flexibility index (Phi) is 5.87. The topological polar surface area (TPSA) is 78.4 Å². The number of carbonyl (C=O) groups excluding carboxylic acids is 1. The van der Waals surface area contributed by atoms with Gasteiger partial charge in [-0.1, -0.05) is 0 Å². The fourth-order valence-corrected chi connectivity index (χ4v) is 1.35. The number of hydrogen-bond donors (Lipinski definition) is 3. The molecule has 19 heavy (non-hydrogen) atoms. The molecule has 0 aromatic heterocycles. The lowest BCUT2D eigenvalue weighted by Gasteiger charge is -2.06. The first-order valence-electron chi connectivity index (χ1n) is 5.66. The lowest BCUT2D eigenvalue weighted by Crippen LogP contribution is -2.29. The fourth-order valence-electron chi connectivity index (χ4n) is 1.35. The summed E-state index contributed by atoms with van der Waals surface area (Å²) in [6.07, 6.45) is 0.436. The molecule has 0 spiro atoms. The van der Waals surface area contributed by atoms with Crippen LogP contribution in [0, 0.1) is 11.6 Å². The van der Waals surface area contributed by atoms with E-state index in [9.17, 15) is 18.4 Å². The Balaban J connectivity index is 2.27. The third kappa shape index (κ3) is 5.91. The second-order valence-corrected chi connectivity index (χ2v) is 3.85. The summed E-state index contributed by atoms with van der Waals surface area (Å²) in [7, 11) is 0. The molecule has 0 fully saturated rings. The van der Waals surface area contributed by atoms with Gasteiger partial charge < -0.3 is 15.7 Å². The van der Waals surface area contributed by atoms with Crippen LogP contribution < -0.4 is 10.6 Å². The molecule has 7 heteroatoms. The Morgan fingerprint density at radius 1 is 1.21 bits per heavy atom. The highest BCUT2D eigenvalue weighted by molar-refractivity contribution is 5.92. The number of carboxylic acid groups (broad SMARTS) is 1. The highest BCUT2D eigenvalue weighted by atomic mass is 19.2. The van der Waals surface area contributed by atoms with E-state index < -0.39 is 23.5 Å². The molecule has 0 saturated carbocycles. The van der Waals surface area contributed by atoms with Crippen molar-refractivity contribution in [2.24, 2.45) is 0 Å². The van der Waals surface area contributed by atoms with Gasteiger partial charge in [0.15, 0.2) is 11.6 Å². The van der Waals surface area contributed by atoms with E-state index in [4.69, 9.17) is 5.11 Å². The van der Waals surface area contributed by atoms with E-state index in [1.165, 1.54) is 6.07 Å². The molecule has 104 valence electrons. The van der Waals surface area contributed by atoms with E-state index in [0.29, 0.717) is 13.0 Å². The molecule has 0 saturated heterocycles. The minimum atomic E-state index is -1.03.